The van der Waals surface area contributed by atoms with E-state index in [0.29, 0.717) is 48.7 Å². The summed E-state index contributed by atoms with van der Waals surface area (Å²) >= 11 is 0. The summed E-state index contributed by atoms with van der Waals surface area (Å²) < 4.78 is 6.76. The van der Waals surface area contributed by atoms with Gasteiger partial charge in [-0.2, -0.15) is 0 Å². The first-order chi connectivity index (χ1) is 14.4. The molecule has 2 aromatic heterocycles. The van der Waals surface area contributed by atoms with Gasteiger partial charge in [-0.3, -0.25) is 14.2 Å². The molecule has 2 amide bonds. The number of aryl methyl sites for hydroxylation is 2. The number of hydrogen-bond acceptors (Lipinski definition) is 6. The molecule has 9 heteroatoms. The van der Waals surface area contributed by atoms with Crippen LogP contribution in [0.1, 0.15) is 22.3 Å². The van der Waals surface area contributed by atoms with E-state index in [-0.39, 0.29) is 18.9 Å². The highest BCUT2D eigenvalue weighted by Gasteiger charge is 2.24. The first-order valence-corrected chi connectivity index (χ1v) is 9.81. The summed E-state index contributed by atoms with van der Waals surface area (Å²) in [6, 6.07) is 8.85. The maximum absolute atomic E-state index is 12.7. The number of carbonyl (C=O) groups is 2. The summed E-state index contributed by atoms with van der Waals surface area (Å²) in [5.74, 6) is -0.462. The van der Waals surface area contributed by atoms with Crippen LogP contribution in [0.5, 0.6) is 0 Å². The van der Waals surface area contributed by atoms with Crippen LogP contribution in [0, 0.1) is 6.92 Å². The van der Waals surface area contributed by atoms with Crippen molar-refractivity contribution in [1.29, 1.82) is 0 Å². The van der Waals surface area contributed by atoms with E-state index in [4.69, 9.17) is 10.2 Å². The van der Waals surface area contributed by atoms with Crippen molar-refractivity contribution in [2.24, 2.45) is 5.73 Å². The molecule has 30 heavy (non-hydrogen) atoms. The Morgan fingerprint density at radius 2 is 1.93 bits per heavy atom. The van der Waals surface area contributed by atoms with E-state index in [9.17, 15) is 14.4 Å². The van der Waals surface area contributed by atoms with Crippen LogP contribution in [0.2, 0.25) is 0 Å². The molecule has 1 saturated heterocycles. The van der Waals surface area contributed by atoms with Crippen LogP contribution in [0.15, 0.2) is 45.7 Å². The van der Waals surface area contributed by atoms with Gasteiger partial charge in [0, 0.05) is 45.3 Å². The van der Waals surface area contributed by atoms with Crippen molar-refractivity contribution in [3.8, 4) is 0 Å². The third-order valence-corrected chi connectivity index (χ3v) is 5.36. The molecule has 2 N–H and O–H groups in total. The van der Waals surface area contributed by atoms with Crippen LogP contribution in [-0.2, 0) is 11.3 Å². The molecule has 1 aliphatic rings. The highest BCUT2D eigenvalue weighted by atomic mass is 16.4. The average Bonchev–Trinajstić information content (AvgIpc) is 3.06. The van der Waals surface area contributed by atoms with Gasteiger partial charge in [-0.25, -0.2) is 9.78 Å². The molecular formula is C21H23N5O4. The number of aromatic nitrogens is 2. The predicted molar refractivity (Wildman–Crippen MR) is 111 cm³/mol. The van der Waals surface area contributed by atoms with Crippen molar-refractivity contribution in [2.75, 3.05) is 31.1 Å². The number of hydrogen-bond donors (Lipinski definition) is 1. The second kappa shape index (κ2) is 8.02. The lowest BCUT2D eigenvalue weighted by Gasteiger charge is -2.36. The molecule has 1 fully saturated rings. The fourth-order valence-electron chi connectivity index (χ4n) is 3.76. The van der Waals surface area contributed by atoms with E-state index >= 15 is 0 Å². The number of pyridine rings is 1. The summed E-state index contributed by atoms with van der Waals surface area (Å²) in [7, 11) is 0. The quantitative estimate of drug-likeness (QED) is 0.676. The first-order valence-electron chi connectivity index (χ1n) is 9.81. The molecule has 1 aromatic carbocycles. The van der Waals surface area contributed by atoms with Crippen LogP contribution in [0.25, 0.3) is 11.1 Å². The molecule has 0 saturated carbocycles. The number of oxazole rings is 1. The molecule has 3 heterocycles. The summed E-state index contributed by atoms with van der Waals surface area (Å²) in [4.78, 5) is 44.5. The van der Waals surface area contributed by atoms with Crippen LogP contribution in [-0.4, -0.2) is 52.4 Å². The minimum absolute atomic E-state index is 0.0281. The Kier molecular flexibility index (Phi) is 5.26. The van der Waals surface area contributed by atoms with E-state index in [2.05, 4.69) is 4.98 Å². The number of nitrogens with two attached hydrogens (primary N) is 1. The Hall–Kier alpha value is -3.62. The maximum atomic E-state index is 12.7. The minimum atomic E-state index is -0.523. The van der Waals surface area contributed by atoms with Gasteiger partial charge >= 0.3 is 5.76 Å². The molecule has 0 bridgehead atoms. The normalized spacial score (nSPS) is 14.3. The van der Waals surface area contributed by atoms with Crippen LogP contribution >= 0.6 is 0 Å². The number of fused-ring (bicyclic) bond motifs is 1. The molecular weight excluding hydrogens is 386 g/mol. The van der Waals surface area contributed by atoms with Gasteiger partial charge in [0.2, 0.25) is 5.91 Å². The molecule has 1 aliphatic heterocycles. The number of piperazine rings is 1. The number of benzene rings is 1. The maximum Gasteiger partial charge on any atom is 0.419 e. The van der Waals surface area contributed by atoms with E-state index in [1.165, 1.54) is 4.57 Å². The van der Waals surface area contributed by atoms with Gasteiger partial charge in [0.25, 0.3) is 5.91 Å². The van der Waals surface area contributed by atoms with Gasteiger partial charge in [0.15, 0.2) is 5.58 Å². The van der Waals surface area contributed by atoms with Crippen molar-refractivity contribution in [1.82, 2.24) is 14.5 Å². The topological polar surface area (TPSA) is 115 Å². The molecule has 0 unspecified atom stereocenters. The minimum Gasteiger partial charge on any atom is -0.408 e. The predicted octanol–water partition coefficient (Wildman–Crippen LogP) is 1.14. The molecule has 0 spiro atoms. The molecule has 0 radical (unpaired) electrons. The summed E-state index contributed by atoms with van der Waals surface area (Å²) in [5, 5.41) is 0. The number of primary amides is 1. The van der Waals surface area contributed by atoms with E-state index in [1.54, 1.807) is 29.3 Å². The number of carbonyl (C=O) groups excluding carboxylic acids is 2. The van der Waals surface area contributed by atoms with Gasteiger partial charge in [-0.05, 0) is 36.8 Å². The number of amides is 2. The monoisotopic (exact) mass is 409 g/mol. The second-order valence-corrected chi connectivity index (χ2v) is 7.35. The van der Waals surface area contributed by atoms with Crippen molar-refractivity contribution >= 4 is 28.7 Å². The zero-order valence-electron chi connectivity index (χ0n) is 16.7. The smallest absolute Gasteiger partial charge is 0.408 e. The lowest BCUT2D eigenvalue weighted by Crippen LogP contribution is -2.49. The van der Waals surface area contributed by atoms with E-state index in [1.807, 2.05) is 24.0 Å². The van der Waals surface area contributed by atoms with Crippen LogP contribution in [0.4, 0.5) is 5.82 Å². The summed E-state index contributed by atoms with van der Waals surface area (Å²) in [6.45, 7) is 4.33. The Morgan fingerprint density at radius 3 is 2.67 bits per heavy atom. The zero-order valence-corrected chi connectivity index (χ0v) is 16.7. The standard InChI is InChI=1S/C21H23N5O4/c1-14-4-5-17-16(13-14)26(21(29)30-17)8-6-18(27)24-9-11-25(12-10-24)20-15(19(22)28)3-2-7-23-20/h2-5,7,13H,6,8-12H2,1H3,(H2,22,28). The fraction of sp³-hybridized carbons (Fsp3) is 0.333. The largest absolute Gasteiger partial charge is 0.419 e. The third kappa shape index (κ3) is 3.78. The van der Waals surface area contributed by atoms with E-state index < -0.39 is 11.7 Å². The fourth-order valence-corrected chi connectivity index (χ4v) is 3.76. The molecule has 0 aliphatic carbocycles. The zero-order chi connectivity index (χ0) is 21.3. The number of anilines is 1. The first kappa shape index (κ1) is 19.7. The lowest BCUT2D eigenvalue weighted by atomic mass is 10.2. The van der Waals surface area contributed by atoms with Gasteiger partial charge in [-0.1, -0.05) is 6.07 Å². The van der Waals surface area contributed by atoms with Crippen LogP contribution < -0.4 is 16.4 Å². The number of nitrogens with zero attached hydrogens (tertiary/aromatic N) is 4. The van der Waals surface area contributed by atoms with Crippen molar-refractivity contribution in [3.63, 3.8) is 0 Å². The van der Waals surface area contributed by atoms with Gasteiger partial charge in [0.1, 0.15) is 5.82 Å². The van der Waals surface area contributed by atoms with Crippen molar-refractivity contribution in [3.05, 3.63) is 58.2 Å². The average molecular weight is 409 g/mol. The molecule has 4 rings (SSSR count). The Morgan fingerprint density at radius 1 is 1.17 bits per heavy atom. The van der Waals surface area contributed by atoms with Crippen molar-refractivity contribution < 1.29 is 14.0 Å². The number of rotatable bonds is 5. The van der Waals surface area contributed by atoms with Crippen LogP contribution in [0.3, 0.4) is 0 Å². The Labute approximate surface area is 172 Å². The Bertz CT molecular complexity index is 1160. The highest BCUT2D eigenvalue weighted by molar-refractivity contribution is 5.97. The SMILES string of the molecule is Cc1ccc2oc(=O)n(CCC(=O)N3CCN(c4ncccc4C(N)=O)CC3)c2c1. The molecule has 9 nitrogen and oxygen atoms in total. The Balaban J connectivity index is 1.39. The van der Waals surface area contributed by atoms with Gasteiger partial charge in [-0.15, -0.1) is 0 Å². The summed E-state index contributed by atoms with van der Waals surface area (Å²) in [5.41, 5.74) is 8.05. The second-order valence-electron chi connectivity index (χ2n) is 7.35. The third-order valence-electron chi connectivity index (χ3n) is 5.36. The summed E-state index contributed by atoms with van der Waals surface area (Å²) in [6.07, 6.45) is 1.83. The van der Waals surface area contributed by atoms with Gasteiger partial charge < -0.3 is 20.0 Å². The lowest BCUT2D eigenvalue weighted by molar-refractivity contribution is -0.131. The molecule has 0 atom stereocenters. The molecule has 3 aromatic rings. The highest BCUT2D eigenvalue weighted by Crippen LogP contribution is 2.19. The van der Waals surface area contributed by atoms with Gasteiger partial charge in [0.05, 0.1) is 11.1 Å². The molecule has 156 valence electrons. The van der Waals surface area contributed by atoms with Crippen molar-refractivity contribution in [2.45, 2.75) is 19.9 Å². The van der Waals surface area contributed by atoms with E-state index in [0.717, 1.165) is 5.56 Å².